The second-order valence-electron chi connectivity index (χ2n) is 25.7. The topological polar surface area (TPSA) is 149 Å². The summed E-state index contributed by atoms with van der Waals surface area (Å²) in [6.45, 7) is 3.83. The molecule has 0 spiro atoms. The van der Waals surface area contributed by atoms with Gasteiger partial charge in [-0.05, 0) is 51.4 Å². The first-order valence-electron chi connectivity index (χ1n) is 36.7. The molecule has 0 aromatic rings. The molecule has 1 fully saturated rings. The van der Waals surface area contributed by atoms with Crippen LogP contribution in [0.2, 0.25) is 0 Å². The number of rotatable bonds is 65. The van der Waals surface area contributed by atoms with Crippen LogP contribution in [0.1, 0.15) is 373 Å². The van der Waals surface area contributed by atoms with Gasteiger partial charge >= 0.3 is 0 Å². The summed E-state index contributed by atoms with van der Waals surface area (Å²) in [6, 6.07) is -0.805. The van der Waals surface area contributed by atoms with Crippen molar-refractivity contribution in [2.75, 3.05) is 13.2 Å². The lowest BCUT2D eigenvalue weighted by atomic mass is 9.99. The number of aliphatic hydroxyl groups excluding tert-OH is 5. The smallest absolute Gasteiger partial charge is 0.220 e. The monoisotopic (exact) mass is 1170 g/mol. The standard InChI is InChI=1S/C74H141NO8/c1-3-5-7-9-11-13-15-17-19-21-23-25-27-29-31-32-33-34-35-36-38-40-42-44-46-48-50-52-54-56-58-60-62-64-70(78)75-67(66-82-74-73(81)72(80)71(79)69(65-76)83-74)68(77)63-61-59-57-55-53-51-49-47-45-43-41-39-37-30-28-26-24-22-20-18-16-14-12-10-8-6-4-2/h15,17,21,23,61,63,67-69,71-74,76-77,79-81H,3-14,16,18-20,22,24-60,62,64-66H2,1-2H3,(H,75,78)/b17-15-,23-21-,63-61+. The van der Waals surface area contributed by atoms with Crippen molar-refractivity contribution in [3.05, 3.63) is 36.5 Å². The molecule has 9 heteroatoms. The molecule has 1 amide bonds. The van der Waals surface area contributed by atoms with E-state index in [1.807, 2.05) is 6.08 Å². The van der Waals surface area contributed by atoms with E-state index < -0.39 is 49.5 Å². The van der Waals surface area contributed by atoms with Crippen LogP contribution < -0.4 is 5.32 Å². The summed E-state index contributed by atoms with van der Waals surface area (Å²) in [6.07, 6.45) is 78.3. The SMILES string of the molecule is CCCCCCC/C=C\C/C=C\CCCCCCCCCCCCCCCCCCCCCCCC(=O)NC(COC1OC(CO)C(O)C(O)C1O)C(O)/C=C/CCCCCCCCCCCCCCCCCCCCCCCCCCC. The van der Waals surface area contributed by atoms with Crippen molar-refractivity contribution >= 4 is 5.91 Å². The van der Waals surface area contributed by atoms with Crippen LogP contribution >= 0.6 is 0 Å². The van der Waals surface area contributed by atoms with Crippen molar-refractivity contribution < 1.29 is 39.8 Å². The van der Waals surface area contributed by atoms with E-state index in [1.165, 1.54) is 308 Å². The molecule has 0 aliphatic carbocycles. The molecule has 0 saturated carbocycles. The van der Waals surface area contributed by atoms with E-state index in [0.717, 1.165) is 44.9 Å². The summed E-state index contributed by atoms with van der Waals surface area (Å²) >= 11 is 0. The maximum absolute atomic E-state index is 13.1. The van der Waals surface area contributed by atoms with E-state index in [4.69, 9.17) is 9.47 Å². The van der Waals surface area contributed by atoms with E-state index in [9.17, 15) is 30.3 Å². The van der Waals surface area contributed by atoms with Gasteiger partial charge in [-0.3, -0.25) is 4.79 Å². The number of hydrogen-bond acceptors (Lipinski definition) is 8. The lowest BCUT2D eigenvalue weighted by Gasteiger charge is -2.40. The van der Waals surface area contributed by atoms with E-state index in [2.05, 4.69) is 43.5 Å². The van der Waals surface area contributed by atoms with Gasteiger partial charge in [-0.1, -0.05) is 352 Å². The van der Waals surface area contributed by atoms with Crippen LogP contribution in [0.25, 0.3) is 0 Å². The second-order valence-corrected chi connectivity index (χ2v) is 25.7. The van der Waals surface area contributed by atoms with Gasteiger partial charge in [-0.15, -0.1) is 0 Å². The van der Waals surface area contributed by atoms with Crippen molar-refractivity contribution in [3.63, 3.8) is 0 Å². The fourth-order valence-electron chi connectivity index (χ4n) is 12.0. The minimum atomic E-state index is -1.57. The van der Waals surface area contributed by atoms with Gasteiger partial charge in [-0.25, -0.2) is 0 Å². The van der Waals surface area contributed by atoms with Gasteiger partial charge < -0.3 is 40.3 Å². The van der Waals surface area contributed by atoms with Crippen LogP contribution in [0.3, 0.4) is 0 Å². The largest absolute Gasteiger partial charge is 0.394 e. The van der Waals surface area contributed by atoms with Crippen LogP contribution in [0, 0.1) is 0 Å². The normalized spacial score (nSPS) is 18.4. The summed E-state index contributed by atoms with van der Waals surface area (Å²) in [5.74, 6) is -0.169. The highest BCUT2D eigenvalue weighted by molar-refractivity contribution is 5.76. The number of unbranched alkanes of at least 4 members (excludes halogenated alkanes) is 51. The Hall–Kier alpha value is -1.59. The van der Waals surface area contributed by atoms with Crippen molar-refractivity contribution in [3.8, 4) is 0 Å². The first-order valence-corrected chi connectivity index (χ1v) is 36.7. The first-order chi connectivity index (χ1) is 40.8. The highest BCUT2D eigenvalue weighted by Gasteiger charge is 2.44. The lowest BCUT2D eigenvalue weighted by molar-refractivity contribution is -0.302. The number of nitrogens with one attached hydrogen (secondary N) is 1. The predicted molar refractivity (Wildman–Crippen MR) is 355 cm³/mol. The summed E-state index contributed by atoms with van der Waals surface area (Å²) < 4.78 is 11.3. The molecule has 490 valence electrons. The molecule has 0 aromatic carbocycles. The van der Waals surface area contributed by atoms with Crippen LogP contribution in [0.5, 0.6) is 0 Å². The van der Waals surface area contributed by atoms with Gasteiger partial charge in [0, 0.05) is 6.42 Å². The quantitative estimate of drug-likeness (QED) is 0.0261. The minimum absolute atomic E-state index is 0.169. The molecule has 1 rings (SSSR count). The first kappa shape index (κ1) is 79.4. The van der Waals surface area contributed by atoms with Crippen molar-refractivity contribution in [2.45, 2.75) is 416 Å². The van der Waals surface area contributed by atoms with Gasteiger partial charge in [-0.2, -0.15) is 0 Å². The molecule has 1 heterocycles. The van der Waals surface area contributed by atoms with Crippen LogP contribution in [0.4, 0.5) is 0 Å². The van der Waals surface area contributed by atoms with E-state index >= 15 is 0 Å². The fourth-order valence-corrected chi connectivity index (χ4v) is 12.0. The minimum Gasteiger partial charge on any atom is -0.394 e. The fraction of sp³-hybridized carbons (Fsp3) is 0.905. The Balaban J connectivity index is 2.10. The highest BCUT2D eigenvalue weighted by Crippen LogP contribution is 2.24. The zero-order valence-corrected chi connectivity index (χ0v) is 55.0. The number of carbonyl (C=O) groups excluding carboxylic acids is 1. The molecule has 0 aromatic heterocycles. The number of aliphatic hydroxyl groups is 5. The lowest BCUT2D eigenvalue weighted by Crippen LogP contribution is -2.60. The maximum atomic E-state index is 13.1. The van der Waals surface area contributed by atoms with Gasteiger partial charge in [0.1, 0.15) is 24.4 Å². The average Bonchev–Trinajstić information content (AvgIpc) is 3.61. The summed E-state index contributed by atoms with van der Waals surface area (Å²) in [5.41, 5.74) is 0. The van der Waals surface area contributed by atoms with Crippen LogP contribution in [-0.4, -0.2) is 87.5 Å². The molecule has 6 N–H and O–H groups in total. The molecular formula is C74H141NO8. The molecular weight excluding hydrogens is 1030 g/mol. The molecule has 1 aliphatic rings. The van der Waals surface area contributed by atoms with E-state index in [-0.39, 0.29) is 12.5 Å². The maximum Gasteiger partial charge on any atom is 0.220 e. The Labute approximate surface area is 514 Å². The summed E-state index contributed by atoms with van der Waals surface area (Å²) in [7, 11) is 0. The average molecular weight is 1170 g/mol. The Morgan fingerprint density at radius 2 is 0.711 bits per heavy atom. The molecule has 7 atom stereocenters. The molecule has 9 nitrogen and oxygen atoms in total. The van der Waals surface area contributed by atoms with Gasteiger partial charge in [0.15, 0.2) is 6.29 Å². The molecule has 7 unspecified atom stereocenters. The van der Waals surface area contributed by atoms with Gasteiger partial charge in [0.25, 0.3) is 0 Å². The zero-order valence-electron chi connectivity index (χ0n) is 55.0. The summed E-state index contributed by atoms with van der Waals surface area (Å²) in [5, 5.41) is 54.8. The van der Waals surface area contributed by atoms with Crippen molar-refractivity contribution in [2.24, 2.45) is 0 Å². The van der Waals surface area contributed by atoms with E-state index in [0.29, 0.717) is 6.42 Å². The third-order valence-corrected chi connectivity index (χ3v) is 17.7. The predicted octanol–water partition coefficient (Wildman–Crippen LogP) is 20.2. The molecule has 0 radical (unpaired) electrons. The molecule has 83 heavy (non-hydrogen) atoms. The Morgan fingerprint density at radius 1 is 0.410 bits per heavy atom. The van der Waals surface area contributed by atoms with E-state index in [1.54, 1.807) is 6.08 Å². The zero-order chi connectivity index (χ0) is 60.0. The molecule has 1 aliphatic heterocycles. The van der Waals surface area contributed by atoms with Crippen molar-refractivity contribution in [1.82, 2.24) is 5.32 Å². The van der Waals surface area contributed by atoms with Gasteiger partial charge in [0.2, 0.25) is 5.91 Å². The number of carbonyl (C=O) groups is 1. The molecule has 1 saturated heterocycles. The van der Waals surface area contributed by atoms with Gasteiger partial charge in [0.05, 0.1) is 25.4 Å². The highest BCUT2D eigenvalue weighted by atomic mass is 16.7. The number of hydrogen-bond donors (Lipinski definition) is 6. The van der Waals surface area contributed by atoms with Crippen molar-refractivity contribution in [1.29, 1.82) is 0 Å². The Morgan fingerprint density at radius 3 is 1.04 bits per heavy atom. The van der Waals surface area contributed by atoms with Crippen LogP contribution in [-0.2, 0) is 14.3 Å². The van der Waals surface area contributed by atoms with Crippen LogP contribution in [0.15, 0.2) is 36.5 Å². The summed E-state index contributed by atoms with van der Waals surface area (Å²) in [4.78, 5) is 13.1. The number of ether oxygens (including phenoxy) is 2. The second kappa shape index (κ2) is 63.4. The Bertz CT molecular complexity index is 1410. The number of allylic oxidation sites excluding steroid dienone is 5. The molecule has 0 bridgehead atoms. The third-order valence-electron chi connectivity index (χ3n) is 17.7. The number of amides is 1. The Kier molecular flexibility index (Phi) is 60.7. The third kappa shape index (κ3) is 52.1.